The minimum atomic E-state index is -1.14. The highest BCUT2D eigenvalue weighted by atomic mass is 16.6. The molecule has 0 radical (unpaired) electrons. The molecule has 0 bridgehead atoms. The van der Waals surface area contributed by atoms with Crippen LogP contribution in [0.15, 0.2) is 60.8 Å². The number of hydrogen-bond acceptors (Lipinski definition) is 7. The molecule has 1 aromatic heterocycles. The number of benzene rings is 2. The van der Waals surface area contributed by atoms with Crippen molar-refractivity contribution in [2.45, 2.75) is 44.9 Å². The number of nitro groups is 1. The van der Waals surface area contributed by atoms with E-state index in [0.29, 0.717) is 25.8 Å². The van der Waals surface area contributed by atoms with Gasteiger partial charge in [-0.15, -0.1) is 5.10 Å². The van der Waals surface area contributed by atoms with Gasteiger partial charge in [-0.3, -0.25) is 19.6 Å². The lowest BCUT2D eigenvalue weighted by Gasteiger charge is -2.16. The Morgan fingerprint density at radius 3 is 2.56 bits per heavy atom. The second-order valence-electron chi connectivity index (χ2n) is 7.55. The second-order valence-corrected chi connectivity index (χ2v) is 7.55. The summed E-state index contributed by atoms with van der Waals surface area (Å²) >= 11 is 0. The molecule has 0 aliphatic rings. The minimum Gasteiger partial charge on any atom is -0.481 e. The highest BCUT2D eigenvalue weighted by molar-refractivity contribution is 5.68. The monoisotopic (exact) mass is 467 g/mol. The number of nitrogens with zero attached hydrogens (tertiary/aromatic N) is 4. The molecule has 0 aliphatic heterocycles. The van der Waals surface area contributed by atoms with Crippen LogP contribution in [0.4, 0.5) is 10.5 Å². The van der Waals surface area contributed by atoms with Gasteiger partial charge in [0.05, 0.1) is 16.7 Å². The quantitative estimate of drug-likeness (QED) is 0.232. The predicted octanol–water partition coefficient (Wildman–Crippen LogP) is 3.85. The first-order valence-corrected chi connectivity index (χ1v) is 10.8. The number of carbonyl (C=O) groups excluding carboxylic acids is 1. The fourth-order valence-corrected chi connectivity index (χ4v) is 3.35. The average molecular weight is 467 g/mol. The maximum absolute atomic E-state index is 12.6. The van der Waals surface area contributed by atoms with Gasteiger partial charge in [0, 0.05) is 25.6 Å². The van der Waals surface area contributed by atoms with Gasteiger partial charge in [0.25, 0.3) is 5.69 Å². The van der Waals surface area contributed by atoms with Gasteiger partial charge in [0.15, 0.2) is 6.10 Å². The first-order chi connectivity index (χ1) is 16.4. The van der Waals surface area contributed by atoms with Gasteiger partial charge in [0.2, 0.25) is 0 Å². The van der Waals surface area contributed by atoms with Gasteiger partial charge in [-0.05, 0) is 24.5 Å². The predicted molar refractivity (Wildman–Crippen MR) is 121 cm³/mol. The summed E-state index contributed by atoms with van der Waals surface area (Å²) in [5.41, 5.74) is 1.09. The summed E-state index contributed by atoms with van der Waals surface area (Å²) in [6.07, 6.45) is 1.73. The maximum atomic E-state index is 12.6. The first-order valence-electron chi connectivity index (χ1n) is 10.8. The van der Waals surface area contributed by atoms with E-state index < -0.39 is 23.1 Å². The zero-order valence-electron chi connectivity index (χ0n) is 18.4. The third-order valence-corrected chi connectivity index (χ3v) is 5.02. The van der Waals surface area contributed by atoms with Gasteiger partial charge in [-0.1, -0.05) is 54.1 Å². The minimum absolute atomic E-state index is 0.105. The average Bonchev–Trinajstić information content (AvgIpc) is 3.30. The molecule has 1 amide bonds. The molecule has 178 valence electrons. The molecule has 3 aromatic rings. The molecule has 11 nitrogen and oxygen atoms in total. The number of unbranched alkanes of at least 4 members (excludes halogenated alkanes) is 2. The van der Waals surface area contributed by atoms with Crippen molar-refractivity contribution in [2.24, 2.45) is 0 Å². The second kappa shape index (κ2) is 12.1. The van der Waals surface area contributed by atoms with Gasteiger partial charge in [-0.2, -0.15) is 0 Å². The lowest BCUT2D eigenvalue weighted by atomic mass is 10.0. The lowest BCUT2D eigenvalue weighted by Crippen LogP contribution is -2.26. The molecule has 1 heterocycles. The van der Waals surface area contributed by atoms with Crippen molar-refractivity contribution in [3.8, 4) is 0 Å². The molecule has 2 N–H and O–H groups in total. The van der Waals surface area contributed by atoms with Crippen LogP contribution in [0.5, 0.6) is 0 Å². The van der Waals surface area contributed by atoms with E-state index in [2.05, 4.69) is 15.6 Å². The fraction of sp³-hybridized carbons (Fsp3) is 0.304. The number of carbonyl (C=O) groups is 2. The molecule has 0 spiro atoms. The molecule has 0 saturated heterocycles. The van der Waals surface area contributed by atoms with E-state index in [4.69, 9.17) is 9.84 Å². The van der Waals surface area contributed by atoms with Crippen LogP contribution in [0.3, 0.4) is 0 Å². The van der Waals surface area contributed by atoms with Gasteiger partial charge in [0.1, 0.15) is 5.69 Å². The van der Waals surface area contributed by atoms with Gasteiger partial charge in [-0.25, -0.2) is 4.79 Å². The van der Waals surface area contributed by atoms with E-state index >= 15 is 0 Å². The molecule has 0 fully saturated rings. The van der Waals surface area contributed by atoms with Crippen LogP contribution in [0.1, 0.15) is 48.6 Å². The smallest absolute Gasteiger partial charge is 0.408 e. The number of para-hydroxylation sites is 1. The molecule has 1 unspecified atom stereocenters. The number of amides is 1. The Morgan fingerprint density at radius 2 is 1.82 bits per heavy atom. The summed E-state index contributed by atoms with van der Waals surface area (Å²) in [6.45, 7) is 0.711. The Balaban J connectivity index is 1.74. The van der Waals surface area contributed by atoms with E-state index in [1.165, 1.54) is 18.2 Å². The SMILES string of the molecule is O=C(O)CCCCCn1cc(C(OC(=O)NCc2ccccc2)c2ccccc2[N+](=O)[O-])nn1. The summed E-state index contributed by atoms with van der Waals surface area (Å²) in [4.78, 5) is 34.2. The number of nitro benzene ring substituents is 1. The van der Waals surface area contributed by atoms with Crippen molar-refractivity contribution in [1.29, 1.82) is 0 Å². The number of carboxylic acid groups (broad SMARTS) is 1. The molecule has 1 atom stereocenters. The number of rotatable bonds is 12. The number of aryl methyl sites for hydroxylation is 1. The number of hydrogen-bond donors (Lipinski definition) is 2. The van der Waals surface area contributed by atoms with E-state index in [-0.39, 0.29) is 29.9 Å². The van der Waals surface area contributed by atoms with Crippen LogP contribution < -0.4 is 5.32 Å². The van der Waals surface area contributed by atoms with E-state index in [0.717, 1.165) is 5.56 Å². The van der Waals surface area contributed by atoms with Crippen LogP contribution in [-0.4, -0.2) is 37.1 Å². The molecule has 0 saturated carbocycles. The molecule has 11 heteroatoms. The van der Waals surface area contributed by atoms with E-state index in [1.54, 1.807) is 16.9 Å². The Hall–Kier alpha value is -4.28. The van der Waals surface area contributed by atoms with Crippen molar-refractivity contribution in [2.75, 3.05) is 0 Å². The Bertz CT molecular complexity index is 1120. The number of alkyl carbamates (subject to hydrolysis) is 1. The number of ether oxygens (including phenoxy) is 1. The highest BCUT2D eigenvalue weighted by Crippen LogP contribution is 2.31. The molecule has 3 rings (SSSR count). The van der Waals surface area contributed by atoms with Crippen molar-refractivity contribution in [1.82, 2.24) is 20.3 Å². The topological polar surface area (TPSA) is 149 Å². The Kier molecular flexibility index (Phi) is 8.67. The standard InChI is InChI=1S/C23H25N5O6/c29-21(30)13-5-2-8-14-27-16-19(25-26-27)22(18-11-6-7-12-20(18)28(32)33)34-23(31)24-15-17-9-3-1-4-10-17/h1,3-4,6-7,9-12,16,22H,2,5,8,13-15H2,(H,24,31)(H,29,30). The van der Waals surface area contributed by atoms with Crippen molar-refractivity contribution < 1.29 is 24.4 Å². The van der Waals surface area contributed by atoms with E-state index in [9.17, 15) is 19.7 Å². The summed E-state index contributed by atoms with van der Waals surface area (Å²) in [7, 11) is 0. The largest absolute Gasteiger partial charge is 0.481 e. The molecule has 34 heavy (non-hydrogen) atoms. The summed E-state index contributed by atoms with van der Waals surface area (Å²) < 4.78 is 7.13. The van der Waals surface area contributed by atoms with Crippen molar-refractivity contribution >= 4 is 17.7 Å². The number of aromatic nitrogens is 3. The van der Waals surface area contributed by atoms with Crippen LogP contribution in [0, 0.1) is 10.1 Å². The Labute approximate surface area is 195 Å². The van der Waals surface area contributed by atoms with Crippen LogP contribution in [0.25, 0.3) is 0 Å². The first kappa shape index (κ1) is 24.4. The van der Waals surface area contributed by atoms with Gasteiger partial charge < -0.3 is 15.2 Å². The molecular formula is C23H25N5O6. The fourth-order valence-electron chi connectivity index (χ4n) is 3.35. The molecule has 0 aliphatic carbocycles. The third-order valence-electron chi connectivity index (χ3n) is 5.02. The summed E-state index contributed by atoms with van der Waals surface area (Å²) in [5.74, 6) is -0.835. The van der Waals surface area contributed by atoms with Crippen LogP contribution >= 0.6 is 0 Å². The van der Waals surface area contributed by atoms with Crippen molar-refractivity contribution in [3.05, 3.63) is 87.7 Å². The number of aliphatic carboxylic acids is 1. The summed E-state index contributed by atoms with van der Waals surface area (Å²) in [6, 6.07) is 15.2. The molecular weight excluding hydrogens is 442 g/mol. The third kappa shape index (κ3) is 7.12. The summed E-state index contributed by atoms with van der Waals surface area (Å²) in [5, 5.41) is 31.1. The highest BCUT2D eigenvalue weighted by Gasteiger charge is 2.29. The lowest BCUT2D eigenvalue weighted by molar-refractivity contribution is -0.386. The molecule has 2 aromatic carbocycles. The van der Waals surface area contributed by atoms with Crippen LogP contribution in [0.2, 0.25) is 0 Å². The zero-order chi connectivity index (χ0) is 24.3. The number of carboxylic acids is 1. The van der Waals surface area contributed by atoms with Crippen LogP contribution in [-0.2, 0) is 22.6 Å². The maximum Gasteiger partial charge on any atom is 0.408 e. The zero-order valence-corrected chi connectivity index (χ0v) is 18.4. The normalized spacial score (nSPS) is 11.5. The van der Waals surface area contributed by atoms with E-state index in [1.807, 2.05) is 30.3 Å². The Morgan fingerprint density at radius 1 is 1.09 bits per heavy atom. The van der Waals surface area contributed by atoms with Crippen molar-refractivity contribution in [3.63, 3.8) is 0 Å². The number of nitrogens with one attached hydrogen (secondary N) is 1. The van der Waals surface area contributed by atoms with Gasteiger partial charge >= 0.3 is 12.1 Å².